The van der Waals surface area contributed by atoms with Crippen molar-refractivity contribution in [3.8, 4) is 0 Å². The lowest BCUT2D eigenvalue weighted by atomic mass is 10.2. The Morgan fingerprint density at radius 2 is 1.93 bits per heavy atom. The van der Waals surface area contributed by atoms with Crippen LogP contribution in [0.3, 0.4) is 0 Å². The van der Waals surface area contributed by atoms with Crippen LogP contribution < -0.4 is 5.43 Å². The summed E-state index contributed by atoms with van der Waals surface area (Å²) >= 11 is 3.32. The lowest BCUT2D eigenvalue weighted by Gasteiger charge is -2.05. The summed E-state index contributed by atoms with van der Waals surface area (Å²) in [6, 6.07) is 11.0. The molecule has 0 unspecified atom stereocenters. The molecule has 2 aromatic rings. The zero-order chi connectivity index (χ0) is 10.7. The first-order valence-corrected chi connectivity index (χ1v) is 5.25. The van der Waals surface area contributed by atoms with E-state index in [2.05, 4.69) is 21.4 Å². The van der Waals surface area contributed by atoms with Crippen LogP contribution in [0.25, 0.3) is 0 Å². The first kappa shape index (κ1) is 9.98. The summed E-state index contributed by atoms with van der Waals surface area (Å²) in [5.41, 5.74) is 3.35. The predicted octanol–water partition coefficient (Wildman–Crippen LogP) is 2.63. The molecule has 0 saturated carbocycles. The van der Waals surface area contributed by atoms with Crippen LogP contribution in [0.1, 0.15) is 10.4 Å². The van der Waals surface area contributed by atoms with Crippen LogP contribution in [0.2, 0.25) is 0 Å². The quantitative estimate of drug-likeness (QED) is 0.889. The van der Waals surface area contributed by atoms with E-state index >= 15 is 0 Å². The van der Waals surface area contributed by atoms with E-state index in [0.717, 1.165) is 4.47 Å². The second-order valence-electron chi connectivity index (χ2n) is 3.04. The molecule has 0 bridgehead atoms. The highest BCUT2D eigenvalue weighted by atomic mass is 79.9. The van der Waals surface area contributed by atoms with Gasteiger partial charge in [-0.15, -0.1) is 0 Å². The molecule has 0 spiro atoms. The Kier molecular flexibility index (Phi) is 2.87. The highest BCUT2D eigenvalue weighted by Gasteiger charge is 2.04. The molecule has 3 nitrogen and oxygen atoms in total. The van der Waals surface area contributed by atoms with Crippen molar-refractivity contribution in [2.24, 2.45) is 0 Å². The Labute approximate surface area is 95.8 Å². The van der Waals surface area contributed by atoms with Gasteiger partial charge in [0.05, 0.1) is 0 Å². The van der Waals surface area contributed by atoms with Crippen LogP contribution in [-0.2, 0) is 0 Å². The van der Waals surface area contributed by atoms with Gasteiger partial charge in [-0.05, 0) is 30.3 Å². The summed E-state index contributed by atoms with van der Waals surface area (Å²) in [6.07, 6.45) is 3.55. The largest absolute Gasteiger partial charge is 0.270 e. The van der Waals surface area contributed by atoms with Crippen LogP contribution in [0.5, 0.6) is 0 Å². The van der Waals surface area contributed by atoms with Gasteiger partial charge in [0.25, 0.3) is 5.91 Å². The molecule has 2 rings (SSSR count). The molecular formula is C11H9BrN2O. The van der Waals surface area contributed by atoms with Crippen LogP contribution in [0.15, 0.2) is 53.3 Å². The molecule has 76 valence electrons. The molecule has 15 heavy (non-hydrogen) atoms. The zero-order valence-electron chi connectivity index (χ0n) is 7.85. The lowest BCUT2D eigenvalue weighted by molar-refractivity contribution is 0.101. The number of aromatic nitrogens is 1. The summed E-state index contributed by atoms with van der Waals surface area (Å²) in [7, 11) is 0. The van der Waals surface area contributed by atoms with E-state index in [1.807, 2.05) is 24.3 Å². The molecule has 0 saturated heterocycles. The molecule has 1 aromatic carbocycles. The number of nitrogens with zero attached hydrogens (tertiary/aromatic N) is 1. The van der Waals surface area contributed by atoms with Gasteiger partial charge >= 0.3 is 0 Å². The third kappa shape index (κ3) is 2.47. The summed E-state index contributed by atoms with van der Waals surface area (Å²) < 4.78 is 2.51. The predicted molar refractivity (Wildman–Crippen MR) is 62.3 cm³/mol. The summed E-state index contributed by atoms with van der Waals surface area (Å²) in [6.45, 7) is 0. The Hall–Kier alpha value is -1.55. The van der Waals surface area contributed by atoms with E-state index in [4.69, 9.17) is 0 Å². The number of nitrogens with one attached hydrogen (secondary N) is 1. The Balaban J connectivity index is 2.15. The van der Waals surface area contributed by atoms with Gasteiger partial charge in [-0.2, -0.15) is 0 Å². The number of hydrogen-bond donors (Lipinski definition) is 1. The minimum absolute atomic E-state index is 0.132. The third-order valence-electron chi connectivity index (χ3n) is 1.92. The highest BCUT2D eigenvalue weighted by molar-refractivity contribution is 9.10. The van der Waals surface area contributed by atoms with Gasteiger partial charge in [0.15, 0.2) is 0 Å². The summed E-state index contributed by atoms with van der Waals surface area (Å²) in [5.74, 6) is -0.132. The lowest BCUT2D eigenvalue weighted by Crippen LogP contribution is -2.21. The topological polar surface area (TPSA) is 34.0 Å². The van der Waals surface area contributed by atoms with Gasteiger partial charge in [0.2, 0.25) is 0 Å². The van der Waals surface area contributed by atoms with Gasteiger partial charge < -0.3 is 0 Å². The van der Waals surface area contributed by atoms with E-state index in [1.165, 1.54) is 0 Å². The fourth-order valence-corrected chi connectivity index (χ4v) is 1.62. The minimum atomic E-state index is -0.132. The number of amides is 1. The van der Waals surface area contributed by atoms with Crippen molar-refractivity contribution in [2.75, 3.05) is 5.43 Å². The molecule has 0 aliphatic carbocycles. The summed E-state index contributed by atoms with van der Waals surface area (Å²) in [5, 5.41) is 0. The van der Waals surface area contributed by atoms with Crippen molar-refractivity contribution in [1.82, 2.24) is 4.68 Å². The molecule has 0 atom stereocenters. The van der Waals surface area contributed by atoms with E-state index in [1.54, 1.807) is 29.2 Å². The number of carbonyl (C=O) groups is 1. The van der Waals surface area contributed by atoms with E-state index in [9.17, 15) is 4.79 Å². The summed E-state index contributed by atoms with van der Waals surface area (Å²) in [4.78, 5) is 11.7. The number of rotatable bonds is 2. The van der Waals surface area contributed by atoms with Crippen molar-refractivity contribution in [3.63, 3.8) is 0 Å². The molecule has 1 N–H and O–H groups in total. The fraction of sp³-hybridized carbons (Fsp3) is 0. The average Bonchev–Trinajstić information content (AvgIpc) is 2.70. The fourth-order valence-electron chi connectivity index (χ4n) is 1.22. The van der Waals surface area contributed by atoms with Crippen LogP contribution >= 0.6 is 15.9 Å². The van der Waals surface area contributed by atoms with Crippen LogP contribution in [0, 0.1) is 0 Å². The third-order valence-corrected chi connectivity index (χ3v) is 2.42. The van der Waals surface area contributed by atoms with Crippen molar-refractivity contribution in [1.29, 1.82) is 0 Å². The van der Waals surface area contributed by atoms with Crippen molar-refractivity contribution in [2.45, 2.75) is 0 Å². The molecule has 1 heterocycles. The molecule has 0 fully saturated rings. The zero-order valence-corrected chi connectivity index (χ0v) is 9.44. The Bertz CT molecular complexity index is 465. The smallest absolute Gasteiger partial charge is 0.268 e. The van der Waals surface area contributed by atoms with Gasteiger partial charge in [0, 0.05) is 22.4 Å². The second-order valence-corrected chi connectivity index (χ2v) is 3.96. The molecule has 0 radical (unpaired) electrons. The normalized spacial score (nSPS) is 9.93. The number of hydrogen-bond acceptors (Lipinski definition) is 1. The standard InChI is InChI=1S/C11H9BrN2O/c12-10-5-3-4-9(8-10)11(15)13-14-6-1-2-7-14/h1-8H,(H,13,15). The molecule has 0 aliphatic rings. The number of benzene rings is 1. The van der Waals surface area contributed by atoms with Crippen molar-refractivity contribution in [3.05, 3.63) is 58.8 Å². The minimum Gasteiger partial charge on any atom is -0.268 e. The van der Waals surface area contributed by atoms with E-state index in [-0.39, 0.29) is 5.91 Å². The number of halogens is 1. The van der Waals surface area contributed by atoms with Crippen LogP contribution in [-0.4, -0.2) is 10.6 Å². The SMILES string of the molecule is O=C(Nn1cccc1)c1cccc(Br)c1. The van der Waals surface area contributed by atoms with Gasteiger partial charge in [-0.1, -0.05) is 22.0 Å². The maximum atomic E-state index is 11.7. The maximum Gasteiger partial charge on any atom is 0.270 e. The monoisotopic (exact) mass is 264 g/mol. The average molecular weight is 265 g/mol. The Morgan fingerprint density at radius 3 is 2.60 bits per heavy atom. The van der Waals surface area contributed by atoms with Gasteiger partial charge in [0.1, 0.15) is 0 Å². The van der Waals surface area contributed by atoms with Crippen molar-refractivity contribution < 1.29 is 4.79 Å². The Morgan fingerprint density at radius 1 is 1.20 bits per heavy atom. The van der Waals surface area contributed by atoms with Gasteiger partial charge in [-0.25, -0.2) is 0 Å². The molecule has 4 heteroatoms. The molecule has 1 amide bonds. The maximum absolute atomic E-state index is 11.7. The highest BCUT2D eigenvalue weighted by Crippen LogP contribution is 2.11. The van der Waals surface area contributed by atoms with E-state index < -0.39 is 0 Å². The second kappa shape index (κ2) is 4.31. The first-order chi connectivity index (χ1) is 7.25. The molecule has 0 aliphatic heterocycles. The van der Waals surface area contributed by atoms with Gasteiger partial charge in [-0.3, -0.25) is 14.9 Å². The van der Waals surface area contributed by atoms with E-state index in [0.29, 0.717) is 5.56 Å². The van der Waals surface area contributed by atoms with Crippen LogP contribution in [0.4, 0.5) is 0 Å². The van der Waals surface area contributed by atoms with Crippen molar-refractivity contribution >= 4 is 21.8 Å². The number of carbonyl (C=O) groups excluding carboxylic acids is 1. The molecule has 1 aromatic heterocycles. The molecular weight excluding hydrogens is 256 g/mol. The first-order valence-electron chi connectivity index (χ1n) is 4.45.